The molecule has 1 amide bonds. The van der Waals surface area contributed by atoms with Gasteiger partial charge in [-0.2, -0.15) is 5.10 Å². The average molecular weight is 492 g/mol. The quantitative estimate of drug-likeness (QED) is 0.233. The molecular weight excluding hydrogens is 470 g/mol. The second-order valence-corrected chi connectivity index (χ2v) is 10.2. The lowest BCUT2D eigenvalue weighted by atomic mass is 10.1. The molecular formula is C24H21N5OS3. The van der Waals surface area contributed by atoms with Crippen molar-refractivity contribution in [3.05, 3.63) is 87.8 Å². The van der Waals surface area contributed by atoms with Gasteiger partial charge in [-0.25, -0.2) is 5.01 Å². The van der Waals surface area contributed by atoms with Crippen LogP contribution in [-0.2, 0) is 11.3 Å². The van der Waals surface area contributed by atoms with Gasteiger partial charge in [-0.15, -0.1) is 39.4 Å². The van der Waals surface area contributed by atoms with Gasteiger partial charge in [-0.05, 0) is 22.9 Å². The zero-order valence-corrected chi connectivity index (χ0v) is 20.2. The smallest absolute Gasteiger partial charge is 0.253 e. The Morgan fingerprint density at radius 2 is 1.91 bits per heavy atom. The van der Waals surface area contributed by atoms with Crippen molar-refractivity contribution in [1.29, 1.82) is 0 Å². The lowest BCUT2D eigenvalue weighted by molar-refractivity contribution is -0.130. The van der Waals surface area contributed by atoms with Crippen molar-refractivity contribution >= 4 is 46.1 Å². The number of carbonyl (C=O) groups excluding carboxylic acids is 1. The normalized spacial score (nSPS) is 15.6. The summed E-state index contributed by atoms with van der Waals surface area (Å²) >= 11 is 4.69. The third-order valence-corrected chi connectivity index (χ3v) is 8.07. The van der Waals surface area contributed by atoms with Crippen LogP contribution in [0.5, 0.6) is 0 Å². The van der Waals surface area contributed by atoms with Gasteiger partial charge in [-0.1, -0.05) is 60.3 Å². The number of hydrogen-bond donors (Lipinski definition) is 0. The molecule has 1 atom stereocenters. The van der Waals surface area contributed by atoms with Crippen LogP contribution in [-0.4, -0.2) is 37.1 Å². The third kappa shape index (κ3) is 4.57. The molecule has 0 bridgehead atoms. The average Bonchev–Trinajstić information content (AvgIpc) is 3.64. The van der Waals surface area contributed by atoms with Crippen LogP contribution in [0.2, 0.25) is 0 Å². The number of hydrazone groups is 1. The van der Waals surface area contributed by atoms with E-state index in [1.807, 2.05) is 63.9 Å². The Kier molecular flexibility index (Phi) is 6.52. The summed E-state index contributed by atoms with van der Waals surface area (Å²) in [5, 5.41) is 19.9. The molecule has 166 valence electrons. The molecule has 0 N–H and O–H groups in total. The number of aromatic nitrogens is 3. The summed E-state index contributed by atoms with van der Waals surface area (Å²) in [6, 6.07) is 18.0. The van der Waals surface area contributed by atoms with Gasteiger partial charge in [-0.3, -0.25) is 9.36 Å². The third-order valence-electron chi connectivity index (χ3n) is 5.23. The first-order valence-electron chi connectivity index (χ1n) is 10.4. The van der Waals surface area contributed by atoms with E-state index in [0.29, 0.717) is 11.7 Å². The van der Waals surface area contributed by atoms with Crippen molar-refractivity contribution in [3.63, 3.8) is 0 Å². The number of nitrogens with zero attached hydrogens (tertiary/aromatic N) is 5. The number of rotatable bonds is 8. The second-order valence-electron chi connectivity index (χ2n) is 7.36. The lowest BCUT2D eigenvalue weighted by Crippen LogP contribution is -2.28. The fourth-order valence-electron chi connectivity index (χ4n) is 3.72. The minimum Gasteiger partial charge on any atom is -0.298 e. The molecule has 1 aromatic carbocycles. The monoisotopic (exact) mass is 491 g/mol. The molecule has 1 unspecified atom stereocenters. The lowest BCUT2D eigenvalue weighted by Gasteiger charge is -2.20. The van der Waals surface area contributed by atoms with Gasteiger partial charge >= 0.3 is 0 Å². The fourth-order valence-corrected chi connectivity index (χ4v) is 6.05. The molecule has 4 heterocycles. The summed E-state index contributed by atoms with van der Waals surface area (Å²) in [7, 11) is 0. The molecule has 0 radical (unpaired) electrons. The van der Waals surface area contributed by atoms with E-state index in [1.54, 1.807) is 27.7 Å². The number of allylic oxidation sites excluding steroid dienone is 1. The largest absolute Gasteiger partial charge is 0.298 e. The highest BCUT2D eigenvalue weighted by atomic mass is 32.2. The van der Waals surface area contributed by atoms with Gasteiger partial charge in [0.25, 0.3) is 5.91 Å². The van der Waals surface area contributed by atoms with Gasteiger partial charge in [0.15, 0.2) is 11.0 Å². The molecule has 1 aliphatic rings. The maximum Gasteiger partial charge on any atom is 0.253 e. The number of amides is 1. The van der Waals surface area contributed by atoms with Gasteiger partial charge < -0.3 is 0 Å². The minimum atomic E-state index is -0.0684. The maximum absolute atomic E-state index is 13.3. The molecule has 0 spiro atoms. The number of benzene rings is 1. The molecule has 0 aliphatic carbocycles. The van der Waals surface area contributed by atoms with E-state index in [9.17, 15) is 4.79 Å². The first-order valence-corrected chi connectivity index (χ1v) is 13.2. The van der Waals surface area contributed by atoms with Crippen LogP contribution >= 0.6 is 34.4 Å². The molecule has 33 heavy (non-hydrogen) atoms. The summed E-state index contributed by atoms with van der Waals surface area (Å²) < 4.78 is 1.99. The highest BCUT2D eigenvalue weighted by Crippen LogP contribution is 2.36. The summed E-state index contributed by atoms with van der Waals surface area (Å²) in [5.74, 6) is 0.952. The van der Waals surface area contributed by atoms with Crippen LogP contribution in [0.25, 0.3) is 11.4 Å². The summed E-state index contributed by atoms with van der Waals surface area (Å²) in [6.07, 6.45) is 2.54. The summed E-state index contributed by atoms with van der Waals surface area (Å²) in [4.78, 5) is 15.6. The van der Waals surface area contributed by atoms with Crippen LogP contribution in [0, 0.1) is 0 Å². The van der Waals surface area contributed by atoms with E-state index in [0.717, 1.165) is 33.3 Å². The first-order chi connectivity index (χ1) is 16.2. The predicted octanol–water partition coefficient (Wildman–Crippen LogP) is 5.72. The SMILES string of the molecule is C=CCn1c(SCC(=O)N2N=C(c3cccs3)CC2c2cccs2)nnc1-c1ccccc1. The van der Waals surface area contributed by atoms with E-state index in [2.05, 4.69) is 28.9 Å². The van der Waals surface area contributed by atoms with E-state index >= 15 is 0 Å². The van der Waals surface area contributed by atoms with Crippen LogP contribution in [0.15, 0.2) is 88.3 Å². The molecule has 3 aromatic heterocycles. The van der Waals surface area contributed by atoms with Gasteiger partial charge in [0.1, 0.15) is 0 Å². The number of thioether (sulfide) groups is 1. The molecule has 1 aliphatic heterocycles. The molecule has 5 rings (SSSR count). The van der Waals surface area contributed by atoms with Crippen LogP contribution in [0.1, 0.15) is 22.2 Å². The fraction of sp³-hybridized carbons (Fsp3) is 0.167. The Morgan fingerprint density at radius 3 is 2.64 bits per heavy atom. The molecule has 6 nitrogen and oxygen atoms in total. The number of hydrogen-bond acceptors (Lipinski definition) is 7. The minimum absolute atomic E-state index is 0.0422. The van der Waals surface area contributed by atoms with Crippen LogP contribution in [0.3, 0.4) is 0 Å². The Morgan fingerprint density at radius 1 is 1.09 bits per heavy atom. The highest BCUT2D eigenvalue weighted by Gasteiger charge is 2.34. The zero-order valence-electron chi connectivity index (χ0n) is 17.7. The molecule has 0 saturated carbocycles. The maximum atomic E-state index is 13.3. The molecule has 0 fully saturated rings. The Labute approximate surface area is 204 Å². The van der Waals surface area contributed by atoms with Crippen LogP contribution in [0.4, 0.5) is 0 Å². The van der Waals surface area contributed by atoms with Crippen molar-refractivity contribution in [2.24, 2.45) is 5.10 Å². The van der Waals surface area contributed by atoms with E-state index in [4.69, 9.17) is 5.10 Å². The van der Waals surface area contributed by atoms with Gasteiger partial charge in [0, 0.05) is 23.4 Å². The Hall–Kier alpha value is -3.01. The standard InChI is InChI=1S/C24H21N5OS3/c1-2-12-28-23(17-8-4-3-5-9-17)25-26-24(28)33-16-22(30)29-19(21-11-7-14-32-21)15-18(27-29)20-10-6-13-31-20/h2-11,13-14,19H,1,12,15-16H2. The van der Waals surface area contributed by atoms with Crippen molar-refractivity contribution in [3.8, 4) is 11.4 Å². The molecule has 9 heteroatoms. The Balaban J connectivity index is 1.36. The van der Waals surface area contributed by atoms with Crippen molar-refractivity contribution in [2.45, 2.75) is 24.2 Å². The van der Waals surface area contributed by atoms with E-state index < -0.39 is 0 Å². The van der Waals surface area contributed by atoms with Crippen molar-refractivity contribution in [1.82, 2.24) is 19.8 Å². The summed E-state index contributed by atoms with van der Waals surface area (Å²) in [6.45, 7) is 4.43. The zero-order chi connectivity index (χ0) is 22.6. The van der Waals surface area contributed by atoms with Crippen molar-refractivity contribution in [2.75, 3.05) is 5.75 Å². The van der Waals surface area contributed by atoms with E-state index in [1.165, 1.54) is 11.8 Å². The summed E-state index contributed by atoms with van der Waals surface area (Å²) in [5.41, 5.74) is 1.94. The highest BCUT2D eigenvalue weighted by molar-refractivity contribution is 7.99. The topological polar surface area (TPSA) is 63.4 Å². The number of thiophene rings is 2. The molecule has 4 aromatic rings. The molecule has 0 saturated heterocycles. The van der Waals surface area contributed by atoms with Crippen LogP contribution < -0.4 is 0 Å². The van der Waals surface area contributed by atoms with E-state index in [-0.39, 0.29) is 17.7 Å². The van der Waals surface area contributed by atoms with Gasteiger partial charge in [0.2, 0.25) is 0 Å². The number of carbonyl (C=O) groups is 1. The van der Waals surface area contributed by atoms with Gasteiger partial charge in [0.05, 0.1) is 22.4 Å². The predicted molar refractivity (Wildman–Crippen MR) is 136 cm³/mol. The second kappa shape index (κ2) is 9.86. The Bertz CT molecular complexity index is 1260. The van der Waals surface area contributed by atoms with Crippen molar-refractivity contribution < 1.29 is 4.79 Å². The first kappa shape index (κ1) is 21.8.